The van der Waals surface area contributed by atoms with Crippen LogP contribution in [0, 0.1) is 6.92 Å². The summed E-state index contributed by atoms with van der Waals surface area (Å²) in [5, 5.41) is 0. The van der Waals surface area contributed by atoms with Crippen molar-refractivity contribution in [3.63, 3.8) is 0 Å². The van der Waals surface area contributed by atoms with E-state index in [1.165, 1.54) is 22.4 Å². The molecule has 0 amide bonds. The molecular formula is C15H19N. The van der Waals surface area contributed by atoms with Crippen LogP contribution in [0.15, 0.2) is 42.1 Å². The van der Waals surface area contributed by atoms with E-state index in [1.54, 1.807) is 0 Å². The highest BCUT2D eigenvalue weighted by Gasteiger charge is 2.11. The first kappa shape index (κ1) is 11.0. The van der Waals surface area contributed by atoms with Gasteiger partial charge in [0.25, 0.3) is 0 Å². The lowest BCUT2D eigenvalue weighted by atomic mass is 9.94. The van der Waals surface area contributed by atoms with Crippen LogP contribution in [0.25, 0.3) is 5.57 Å². The van der Waals surface area contributed by atoms with Gasteiger partial charge in [0.15, 0.2) is 0 Å². The molecule has 0 spiro atoms. The summed E-state index contributed by atoms with van der Waals surface area (Å²) in [5.41, 5.74) is 5.49. The number of hydrogen-bond acceptors (Lipinski definition) is 1. The Morgan fingerprint density at radius 2 is 1.75 bits per heavy atom. The van der Waals surface area contributed by atoms with Crippen molar-refractivity contribution in [2.75, 3.05) is 14.1 Å². The first-order chi connectivity index (χ1) is 7.68. The van der Waals surface area contributed by atoms with Crippen molar-refractivity contribution in [3.05, 3.63) is 53.2 Å². The molecule has 0 saturated carbocycles. The highest BCUT2D eigenvalue weighted by Crippen LogP contribution is 2.29. The van der Waals surface area contributed by atoms with Crippen molar-refractivity contribution in [1.29, 1.82) is 0 Å². The number of likely N-dealkylation sites (N-methyl/N-ethyl adjacent to an activating group) is 1. The van der Waals surface area contributed by atoms with E-state index in [1.807, 2.05) is 0 Å². The van der Waals surface area contributed by atoms with Crippen molar-refractivity contribution in [2.45, 2.75) is 19.8 Å². The highest BCUT2D eigenvalue weighted by molar-refractivity contribution is 5.71. The Morgan fingerprint density at radius 3 is 2.38 bits per heavy atom. The normalized spacial score (nSPS) is 15.4. The third-order valence-electron chi connectivity index (χ3n) is 3.03. The maximum Gasteiger partial charge on any atom is 0.0396 e. The number of allylic oxidation sites excluding steroid dienone is 3. The summed E-state index contributed by atoms with van der Waals surface area (Å²) >= 11 is 0. The van der Waals surface area contributed by atoms with Gasteiger partial charge in [-0.1, -0.05) is 35.9 Å². The molecule has 1 aromatic rings. The van der Waals surface area contributed by atoms with Crippen molar-refractivity contribution in [3.8, 4) is 0 Å². The van der Waals surface area contributed by atoms with Crippen LogP contribution in [0.4, 0.5) is 0 Å². The van der Waals surface area contributed by atoms with Gasteiger partial charge < -0.3 is 4.90 Å². The van der Waals surface area contributed by atoms with Crippen LogP contribution in [0.1, 0.15) is 24.0 Å². The Hall–Kier alpha value is -1.50. The second-order valence-electron chi connectivity index (χ2n) is 4.57. The predicted molar refractivity (Wildman–Crippen MR) is 70.2 cm³/mol. The first-order valence-electron chi connectivity index (χ1n) is 5.82. The molecule has 1 aromatic carbocycles. The minimum atomic E-state index is 1.15. The fraction of sp³-hybridized carbons (Fsp3) is 0.333. The van der Waals surface area contributed by atoms with E-state index in [9.17, 15) is 0 Å². The molecule has 0 heterocycles. The van der Waals surface area contributed by atoms with E-state index < -0.39 is 0 Å². The van der Waals surface area contributed by atoms with Crippen LogP contribution in [-0.2, 0) is 0 Å². The molecule has 16 heavy (non-hydrogen) atoms. The summed E-state index contributed by atoms with van der Waals surface area (Å²) in [6, 6.07) is 8.84. The second-order valence-corrected chi connectivity index (χ2v) is 4.57. The SMILES string of the molecule is Cc1ccc(C2=C(N(C)C)C=CCC2)cc1. The van der Waals surface area contributed by atoms with Gasteiger partial charge in [0, 0.05) is 19.8 Å². The molecule has 0 N–H and O–H groups in total. The lowest BCUT2D eigenvalue weighted by molar-refractivity contribution is 0.527. The van der Waals surface area contributed by atoms with E-state index in [0.717, 1.165) is 12.8 Å². The standard InChI is InChI=1S/C15H19N/c1-12-8-10-13(11-9-12)14-6-4-5-7-15(14)16(2)3/h5,7-11H,4,6H2,1-3H3. The highest BCUT2D eigenvalue weighted by atomic mass is 15.1. The molecule has 0 aliphatic heterocycles. The quantitative estimate of drug-likeness (QED) is 0.725. The number of aryl methyl sites for hydroxylation is 1. The van der Waals surface area contributed by atoms with E-state index in [0.29, 0.717) is 0 Å². The summed E-state index contributed by atoms with van der Waals surface area (Å²) in [5.74, 6) is 0. The summed E-state index contributed by atoms with van der Waals surface area (Å²) in [6.45, 7) is 2.13. The molecule has 0 unspecified atom stereocenters. The van der Waals surface area contributed by atoms with E-state index in [4.69, 9.17) is 0 Å². The molecule has 0 atom stereocenters. The summed E-state index contributed by atoms with van der Waals surface area (Å²) in [6.07, 6.45) is 6.79. The maximum atomic E-state index is 2.26. The Balaban J connectivity index is 2.43. The third-order valence-corrected chi connectivity index (χ3v) is 3.03. The van der Waals surface area contributed by atoms with Crippen LogP contribution in [0.5, 0.6) is 0 Å². The molecule has 0 fully saturated rings. The Kier molecular flexibility index (Phi) is 3.14. The van der Waals surface area contributed by atoms with Crippen molar-refractivity contribution < 1.29 is 0 Å². The second kappa shape index (κ2) is 4.56. The smallest absolute Gasteiger partial charge is 0.0396 e. The zero-order valence-electron chi connectivity index (χ0n) is 10.3. The Labute approximate surface area is 98.1 Å². The molecule has 2 rings (SSSR count). The Bertz CT molecular complexity index is 421. The van der Waals surface area contributed by atoms with Crippen molar-refractivity contribution in [1.82, 2.24) is 4.90 Å². The van der Waals surface area contributed by atoms with Gasteiger partial charge in [-0.2, -0.15) is 0 Å². The molecule has 84 valence electrons. The van der Waals surface area contributed by atoms with E-state index >= 15 is 0 Å². The topological polar surface area (TPSA) is 3.24 Å². The lowest BCUT2D eigenvalue weighted by Crippen LogP contribution is -2.13. The average Bonchev–Trinajstić information content (AvgIpc) is 2.30. The molecule has 1 heteroatoms. The minimum Gasteiger partial charge on any atom is -0.377 e. The number of nitrogens with zero attached hydrogens (tertiary/aromatic N) is 1. The van der Waals surface area contributed by atoms with Crippen LogP contribution in [0.2, 0.25) is 0 Å². The summed E-state index contributed by atoms with van der Waals surface area (Å²) in [4.78, 5) is 2.20. The molecular weight excluding hydrogens is 194 g/mol. The van der Waals surface area contributed by atoms with Crippen LogP contribution < -0.4 is 0 Å². The molecule has 0 aromatic heterocycles. The minimum absolute atomic E-state index is 1.15. The zero-order valence-corrected chi connectivity index (χ0v) is 10.3. The van der Waals surface area contributed by atoms with Crippen molar-refractivity contribution in [2.24, 2.45) is 0 Å². The van der Waals surface area contributed by atoms with Gasteiger partial charge in [-0.3, -0.25) is 0 Å². The van der Waals surface area contributed by atoms with Gasteiger partial charge in [0.1, 0.15) is 0 Å². The number of hydrogen-bond donors (Lipinski definition) is 0. The van der Waals surface area contributed by atoms with Gasteiger partial charge in [-0.25, -0.2) is 0 Å². The molecule has 0 saturated heterocycles. The fourth-order valence-corrected chi connectivity index (χ4v) is 2.12. The van der Waals surface area contributed by atoms with E-state index in [-0.39, 0.29) is 0 Å². The van der Waals surface area contributed by atoms with Crippen LogP contribution >= 0.6 is 0 Å². The molecule has 1 nitrogen and oxygen atoms in total. The largest absolute Gasteiger partial charge is 0.377 e. The number of rotatable bonds is 2. The lowest BCUT2D eigenvalue weighted by Gasteiger charge is -2.22. The summed E-state index contributed by atoms with van der Waals surface area (Å²) < 4.78 is 0. The van der Waals surface area contributed by atoms with E-state index in [2.05, 4.69) is 62.3 Å². The van der Waals surface area contributed by atoms with Gasteiger partial charge in [0.2, 0.25) is 0 Å². The summed E-state index contributed by atoms with van der Waals surface area (Å²) in [7, 11) is 4.22. The van der Waals surface area contributed by atoms with Crippen molar-refractivity contribution >= 4 is 5.57 Å². The molecule has 1 aliphatic carbocycles. The zero-order chi connectivity index (χ0) is 11.5. The molecule has 0 radical (unpaired) electrons. The molecule has 0 bridgehead atoms. The average molecular weight is 213 g/mol. The fourth-order valence-electron chi connectivity index (χ4n) is 2.12. The Morgan fingerprint density at radius 1 is 1.06 bits per heavy atom. The van der Waals surface area contributed by atoms with Gasteiger partial charge in [-0.15, -0.1) is 0 Å². The monoisotopic (exact) mass is 213 g/mol. The van der Waals surface area contributed by atoms with Crippen LogP contribution in [-0.4, -0.2) is 19.0 Å². The van der Waals surface area contributed by atoms with Crippen LogP contribution in [0.3, 0.4) is 0 Å². The first-order valence-corrected chi connectivity index (χ1v) is 5.82. The number of benzene rings is 1. The molecule has 1 aliphatic rings. The van der Waals surface area contributed by atoms with Gasteiger partial charge in [0.05, 0.1) is 0 Å². The van der Waals surface area contributed by atoms with Gasteiger partial charge in [-0.05, 0) is 37.0 Å². The predicted octanol–water partition coefficient (Wildman–Crippen LogP) is 3.62. The maximum absolute atomic E-state index is 2.26. The van der Waals surface area contributed by atoms with Gasteiger partial charge >= 0.3 is 0 Å². The third kappa shape index (κ3) is 2.19.